The molecule has 0 atom stereocenters. The Morgan fingerprint density at radius 1 is 1.33 bits per heavy atom. The summed E-state index contributed by atoms with van der Waals surface area (Å²) in [4.78, 5) is 25.4. The van der Waals surface area contributed by atoms with Gasteiger partial charge in [-0.2, -0.15) is 0 Å². The molecule has 3 rings (SSSR count). The minimum atomic E-state index is -0.210. The number of carbonyl (C=O) groups excluding carboxylic acids is 2. The lowest BCUT2D eigenvalue weighted by Gasteiger charge is -2.16. The lowest BCUT2D eigenvalue weighted by molar-refractivity contribution is -0.128. The van der Waals surface area contributed by atoms with E-state index in [9.17, 15) is 9.59 Å². The SMILES string of the molecule is O=C(Nc1cccc(CN2CCCC2=O)c1)c1ccoc1. The number of anilines is 1. The van der Waals surface area contributed by atoms with Crippen LogP contribution in [0, 0.1) is 0 Å². The van der Waals surface area contributed by atoms with E-state index < -0.39 is 0 Å². The molecule has 1 saturated heterocycles. The van der Waals surface area contributed by atoms with Crippen LogP contribution in [-0.4, -0.2) is 23.3 Å². The standard InChI is InChI=1S/C16H16N2O3/c19-15-5-2-7-18(15)10-12-3-1-4-14(9-12)17-16(20)13-6-8-21-11-13/h1,3-4,6,8-9,11H,2,5,7,10H2,(H,17,20). The summed E-state index contributed by atoms with van der Waals surface area (Å²) in [5, 5.41) is 2.82. The van der Waals surface area contributed by atoms with Crippen molar-refractivity contribution in [3.8, 4) is 0 Å². The van der Waals surface area contributed by atoms with Crippen LogP contribution in [0.4, 0.5) is 5.69 Å². The van der Waals surface area contributed by atoms with Crippen molar-refractivity contribution >= 4 is 17.5 Å². The van der Waals surface area contributed by atoms with E-state index >= 15 is 0 Å². The summed E-state index contributed by atoms with van der Waals surface area (Å²) in [6, 6.07) is 9.17. The summed E-state index contributed by atoms with van der Waals surface area (Å²) in [5.41, 5.74) is 2.20. The maximum atomic E-state index is 11.9. The van der Waals surface area contributed by atoms with Crippen molar-refractivity contribution in [3.05, 3.63) is 54.0 Å². The fraction of sp³-hybridized carbons (Fsp3) is 0.250. The Balaban J connectivity index is 1.68. The number of benzene rings is 1. The molecule has 1 aromatic heterocycles. The number of likely N-dealkylation sites (tertiary alicyclic amines) is 1. The summed E-state index contributed by atoms with van der Waals surface area (Å²) < 4.78 is 4.89. The van der Waals surface area contributed by atoms with E-state index in [1.807, 2.05) is 29.2 Å². The minimum Gasteiger partial charge on any atom is -0.472 e. The predicted octanol–water partition coefficient (Wildman–Crippen LogP) is 2.65. The average molecular weight is 284 g/mol. The third-order valence-corrected chi connectivity index (χ3v) is 3.51. The van der Waals surface area contributed by atoms with Crippen molar-refractivity contribution in [2.75, 3.05) is 11.9 Å². The summed E-state index contributed by atoms with van der Waals surface area (Å²) >= 11 is 0. The van der Waals surface area contributed by atoms with Crippen molar-refractivity contribution in [3.63, 3.8) is 0 Å². The van der Waals surface area contributed by atoms with E-state index in [2.05, 4.69) is 5.32 Å². The monoisotopic (exact) mass is 284 g/mol. The van der Waals surface area contributed by atoms with Gasteiger partial charge in [-0.25, -0.2) is 0 Å². The van der Waals surface area contributed by atoms with Gasteiger partial charge in [0.05, 0.1) is 11.8 Å². The second kappa shape index (κ2) is 5.83. The molecule has 2 aromatic rings. The fourth-order valence-electron chi connectivity index (χ4n) is 2.44. The van der Waals surface area contributed by atoms with Crippen LogP contribution in [-0.2, 0) is 11.3 Å². The average Bonchev–Trinajstić information content (AvgIpc) is 3.12. The highest BCUT2D eigenvalue weighted by molar-refractivity contribution is 6.04. The number of nitrogens with zero attached hydrogens (tertiary/aromatic N) is 1. The van der Waals surface area contributed by atoms with Crippen LogP contribution < -0.4 is 5.32 Å². The van der Waals surface area contributed by atoms with E-state index in [1.54, 1.807) is 6.07 Å². The molecule has 0 unspecified atom stereocenters. The highest BCUT2D eigenvalue weighted by Crippen LogP contribution is 2.17. The van der Waals surface area contributed by atoms with Crippen molar-refractivity contribution in [1.82, 2.24) is 4.90 Å². The second-order valence-corrected chi connectivity index (χ2v) is 5.09. The van der Waals surface area contributed by atoms with Crippen LogP contribution in [0.5, 0.6) is 0 Å². The predicted molar refractivity (Wildman–Crippen MR) is 77.8 cm³/mol. The van der Waals surface area contributed by atoms with Gasteiger partial charge >= 0.3 is 0 Å². The molecule has 0 saturated carbocycles. The highest BCUT2D eigenvalue weighted by Gasteiger charge is 2.20. The molecule has 1 fully saturated rings. The van der Waals surface area contributed by atoms with Crippen molar-refractivity contribution < 1.29 is 14.0 Å². The summed E-state index contributed by atoms with van der Waals surface area (Å²) in [7, 11) is 0. The number of rotatable bonds is 4. The fourth-order valence-corrected chi connectivity index (χ4v) is 2.44. The number of furan rings is 1. The molecule has 108 valence electrons. The van der Waals surface area contributed by atoms with Gasteiger partial charge in [-0.05, 0) is 30.2 Å². The zero-order chi connectivity index (χ0) is 14.7. The zero-order valence-corrected chi connectivity index (χ0v) is 11.5. The Kier molecular flexibility index (Phi) is 3.73. The maximum Gasteiger partial charge on any atom is 0.258 e. The zero-order valence-electron chi connectivity index (χ0n) is 11.5. The van der Waals surface area contributed by atoms with Crippen molar-refractivity contribution in [1.29, 1.82) is 0 Å². The van der Waals surface area contributed by atoms with E-state index in [1.165, 1.54) is 12.5 Å². The lowest BCUT2D eigenvalue weighted by atomic mass is 10.2. The summed E-state index contributed by atoms with van der Waals surface area (Å²) in [5.74, 6) is -0.0130. The lowest BCUT2D eigenvalue weighted by Crippen LogP contribution is -2.23. The van der Waals surface area contributed by atoms with Gasteiger partial charge in [0.1, 0.15) is 6.26 Å². The van der Waals surface area contributed by atoms with Gasteiger partial charge in [0.15, 0.2) is 0 Å². The molecule has 0 bridgehead atoms. The molecule has 1 aromatic carbocycles. The molecular weight excluding hydrogens is 268 g/mol. The first-order valence-electron chi connectivity index (χ1n) is 6.92. The van der Waals surface area contributed by atoms with Crippen LogP contribution >= 0.6 is 0 Å². The number of nitrogens with one attached hydrogen (secondary N) is 1. The quantitative estimate of drug-likeness (QED) is 0.938. The molecule has 5 heteroatoms. The first-order valence-corrected chi connectivity index (χ1v) is 6.92. The summed E-state index contributed by atoms with van der Waals surface area (Å²) in [6.45, 7) is 1.40. The van der Waals surface area contributed by atoms with E-state index in [-0.39, 0.29) is 11.8 Å². The van der Waals surface area contributed by atoms with Gasteiger partial charge in [0.25, 0.3) is 5.91 Å². The largest absolute Gasteiger partial charge is 0.472 e. The molecule has 21 heavy (non-hydrogen) atoms. The van der Waals surface area contributed by atoms with Crippen LogP contribution in [0.2, 0.25) is 0 Å². The minimum absolute atomic E-state index is 0.197. The molecule has 0 aliphatic carbocycles. The van der Waals surface area contributed by atoms with Gasteiger partial charge in [0, 0.05) is 25.2 Å². The molecule has 5 nitrogen and oxygen atoms in total. The molecule has 1 N–H and O–H groups in total. The van der Waals surface area contributed by atoms with E-state index in [0.29, 0.717) is 24.2 Å². The molecular formula is C16H16N2O3. The Hall–Kier alpha value is -2.56. The second-order valence-electron chi connectivity index (χ2n) is 5.09. The first-order chi connectivity index (χ1) is 10.2. The molecule has 0 radical (unpaired) electrons. The van der Waals surface area contributed by atoms with Crippen LogP contribution in [0.25, 0.3) is 0 Å². The Labute approximate surface area is 122 Å². The van der Waals surface area contributed by atoms with E-state index in [4.69, 9.17) is 4.42 Å². The normalized spacial score (nSPS) is 14.5. The number of carbonyl (C=O) groups is 2. The Bertz CT molecular complexity index is 649. The number of hydrogen-bond donors (Lipinski definition) is 1. The topological polar surface area (TPSA) is 62.6 Å². The van der Waals surface area contributed by atoms with Gasteiger partial charge in [0.2, 0.25) is 5.91 Å². The number of hydrogen-bond acceptors (Lipinski definition) is 3. The van der Waals surface area contributed by atoms with Crippen LogP contribution in [0.1, 0.15) is 28.8 Å². The molecule has 1 aliphatic heterocycles. The third kappa shape index (κ3) is 3.13. The third-order valence-electron chi connectivity index (χ3n) is 3.51. The van der Waals surface area contributed by atoms with Crippen molar-refractivity contribution in [2.45, 2.75) is 19.4 Å². The maximum absolute atomic E-state index is 11.9. The van der Waals surface area contributed by atoms with Gasteiger partial charge in [-0.3, -0.25) is 9.59 Å². The van der Waals surface area contributed by atoms with Gasteiger partial charge in [-0.1, -0.05) is 12.1 Å². The smallest absolute Gasteiger partial charge is 0.258 e. The number of amides is 2. The van der Waals surface area contributed by atoms with Gasteiger partial charge < -0.3 is 14.6 Å². The first kappa shape index (κ1) is 13.4. The molecule has 2 heterocycles. The Morgan fingerprint density at radius 2 is 2.24 bits per heavy atom. The van der Waals surface area contributed by atoms with Crippen LogP contribution in [0.3, 0.4) is 0 Å². The van der Waals surface area contributed by atoms with Crippen LogP contribution in [0.15, 0.2) is 47.3 Å². The molecule has 2 amide bonds. The summed E-state index contributed by atoms with van der Waals surface area (Å²) in [6.07, 6.45) is 4.43. The van der Waals surface area contributed by atoms with E-state index in [0.717, 1.165) is 18.5 Å². The van der Waals surface area contributed by atoms with Crippen molar-refractivity contribution in [2.24, 2.45) is 0 Å². The highest BCUT2D eigenvalue weighted by atomic mass is 16.3. The Morgan fingerprint density at radius 3 is 2.95 bits per heavy atom. The molecule has 1 aliphatic rings. The van der Waals surface area contributed by atoms with Gasteiger partial charge in [-0.15, -0.1) is 0 Å². The molecule has 0 spiro atoms.